The summed E-state index contributed by atoms with van der Waals surface area (Å²) in [7, 11) is -1.70. The van der Waals surface area contributed by atoms with Crippen LogP contribution in [0.15, 0.2) is 35.2 Å². The van der Waals surface area contributed by atoms with Crippen LogP contribution in [-0.2, 0) is 23.1 Å². The van der Waals surface area contributed by atoms with Crippen LogP contribution < -0.4 is 10.0 Å². The fraction of sp³-hybridized carbons (Fsp3) is 0.286. The van der Waals surface area contributed by atoms with Crippen molar-refractivity contribution in [2.45, 2.75) is 24.9 Å². The molecule has 4 nitrogen and oxygen atoms in total. The van der Waals surface area contributed by atoms with Crippen molar-refractivity contribution in [3.8, 4) is 0 Å². The lowest BCUT2D eigenvalue weighted by Crippen LogP contribution is -2.23. The van der Waals surface area contributed by atoms with Gasteiger partial charge in [-0.25, -0.2) is 13.1 Å². The molecule has 0 bridgehead atoms. The van der Waals surface area contributed by atoms with Crippen LogP contribution in [0.5, 0.6) is 0 Å². The van der Waals surface area contributed by atoms with Gasteiger partial charge in [-0.1, -0.05) is 29.8 Å². The average molecular weight is 345 g/mol. The first kappa shape index (κ1) is 16.5. The second kappa shape index (κ2) is 6.89. The molecule has 1 heterocycles. The lowest BCUT2D eigenvalue weighted by molar-refractivity contribution is 0.581. The Balaban J connectivity index is 2.17. The molecule has 0 aliphatic carbocycles. The van der Waals surface area contributed by atoms with Gasteiger partial charge in [0.1, 0.15) is 0 Å². The maximum Gasteiger partial charge on any atom is 0.241 e. The fourth-order valence-corrected chi connectivity index (χ4v) is 4.80. The minimum Gasteiger partial charge on any atom is -0.315 e. The molecule has 0 saturated heterocycles. The largest absolute Gasteiger partial charge is 0.315 e. The third-order valence-corrected chi connectivity index (χ3v) is 6.05. The minimum absolute atomic E-state index is 0.179. The second-order valence-corrected chi connectivity index (χ2v) is 8.06. The molecule has 0 unspecified atom stereocenters. The molecule has 0 atom stereocenters. The number of aryl methyl sites for hydroxylation is 1. The molecule has 2 aromatic rings. The highest BCUT2D eigenvalue weighted by atomic mass is 35.5. The molecule has 0 aliphatic rings. The van der Waals surface area contributed by atoms with Crippen molar-refractivity contribution >= 4 is 33.0 Å². The SMILES string of the molecule is CNCc1cc(S(=O)(=O)NCc2ccccc2Cl)c(C)s1. The van der Waals surface area contributed by atoms with E-state index in [1.54, 1.807) is 18.2 Å². The van der Waals surface area contributed by atoms with E-state index < -0.39 is 10.0 Å². The maximum absolute atomic E-state index is 12.4. The highest BCUT2D eigenvalue weighted by Gasteiger charge is 2.19. The van der Waals surface area contributed by atoms with E-state index in [-0.39, 0.29) is 6.54 Å². The highest BCUT2D eigenvalue weighted by molar-refractivity contribution is 7.89. The Morgan fingerprint density at radius 3 is 2.62 bits per heavy atom. The molecular formula is C14H17ClN2O2S2. The minimum atomic E-state index is -3.53. The Morgan fingerprint density at radius 2 is 1.95 bits per heavy atom. The standard InChI is InChI=1S/C14H17ClN2O2S2/c1-10-14(7-12(20-10)9-16-2)21(18,19)17-8-11-5-3-4-6-13(11)15/h3-7,16-17H,8-9H2,1-2H3. The molecule has 0 amide bonds. The summed E-state index contributed by atoms with van der Waals surface area (Å²) in [6, 6.07) is 8.90. The van der Waals surface area contributed by atoms with Gasteiger partial charge in [0.05, 0.1) is 4.90 Å². The number of sulfonamides is 1. The number of hydrogen-bond acceptors (Lipinski definition) is 4. The van der Waals surface area contributed by atoms with Crippen LogP contribution in [0.1, 0.15) is 15.3 Å². The smallest absolute Gasteiger partial charge is 0.241 e. The maximum atomic E-state index is 12.4. The second-order valence-electron chi connectivity index (χ2n) is 4.58. The quantitative estimate of drug-likeness (QED) is 0.847. The Morgan fingerprint density at radius 1 is 1.24 bits per heavy atom. The Hall–Kier alpha value is -0.920. The van der Waals surface area contributed by atoms with E-state index in [9.17, 15) is 8.42 Å². The summed E-state index contributed by atoms with van der Waals surface area (Å²) < 4.78 is 27.4. The van der Waals surface area contributed by atoms with Gasteiger partial charge in [-0.05, 0) is 31.7 Å². The zero-order chi connectivity index (χ0) is 15.5. The molecule has 2 N–H and O–H groups in total. The molecule has 1 aromatic heterocycles. The topological polar surface area (TPSA) is 58.2 Å². The van der Waals surface area contributed by atoms with Crippen LogP contribution in [-0.4, -0.2) is 15.5 Å². The predicted octanol–water partition coefficient (Wildman–Crippen LogP) is 2.91. The Labute approximate surface area is 134 Å². The first-order chi connectivity index (χ1) is 9.94. The molecule has 0 spiro atoms. The van der Waals surface area contributed by atoms with E-state index >= 15 is 0 Å². The normalized spacial score (nSPS) is 11.8. The van der Waals surface area contributed by atoms with Crippen LogP contribution in [0.25, 0.3) is 0 Å². The monoisotopic (exact) mass is 344 g/mol. The lowest BCUT2D eigenvalue weighted by Gasteiger charge is -2.07. The summed E-state index contributed by atoms with van der Waals surface area (Å²) >= 11 is 7.52. The first-order valence-corrected chi connectivity index (χ1v) is 9.09. The summed E-state index contributed by atoms with van der Waals surface area (Å²) in [5.74, 6) is 0. The van der Waals surface area contributed by atoms with Crippen LogP contribution in [0.3, 0.4) is 0 Å². The van der Waals surface area contributed by atoms with Crippen molar-refractivity contribution in [3.63, 3.8) is 0 Å². The van der Waals surface area contributed by atoms with Crippen molar-refractivity contribution in [2.75, 3.05) is 7.05 Å². The van der Waals surface area contributed by atoms with E-state index in [0.717, 1.165) is 15.3 Å². The van der Waals surface area contributed by atoms with Gasteiger partial charge in [-0.3, -0.25) is 0 Å². The summed E-state index contributed by atoms with van der Waals surface area (Å²) in [5, 5.41) is 3.57. The molecule has 21 heavy (non-hydrogen) atoms. The summed E-state index contributed by atoms with van der Waals surface area (Å²) in [4.78, 5) is 2.12. The van der Waals surface area contributed by atoms with E-state index in [4.69, 9.17) is 11.6 Å². The van der Waals surface area contributed by atoms with E-state index in [2.05, 4.69) is 10.0 Å². The van der Waals surface area contributed by atoms with Gasteiger partial charge in [0, 0.05) is 27.9 Å². The summed E-state index contributed by atoms with van der Waals surface area (Å²) in [5.41, 5.74) is 0.756. The summed E-state index contributed by atoms with van der Waals surface area (Å²) in [6.07, 6.45) is 0. The molecule has 2 rings (SSSR count). The fourth-order valence-electron chi connectivity index (χ4n) is 1.94. The third kappa shape index (κ3) is 4.05. The third-order valence-electron chi connectivity index (χ3n) is 2.97. The Kier molecular flexibility index (Phi) is 5.40. The van der Waals surface area contributed by atoms with E-state index in [1.165, 1.54) is 11.3 Å². The molecule has 0 saturated carbocycles. The number of halogens is 1. The number of benzene rings is 1. The van der Waals surface area contributed by atoms with Gasteiger partial charge >= 0.3 is 0 Å². The number of rotatable bonds is 6. The molecular weight excluding hydrogens is 328 g/mol. The molecule has 0 fully saturated rings. The molecule has 0 radical (unpaired) electrons. The molecule has 1 aromatic carbocycles. The van der Waals surface area contributed by atoms with Crippen LogP contribution in [0, 0.1) is 6.92 Å². The number of hydrogen-bond donors (Lipinski definition) is 2. The van der Waals surface area contributed by atoms with Gasteiger partial charge < -0.3 is 5.32 Å². The van der Waals surface area contributed by atoms with Crippen LogP contribution in [0.2, 0.25) is 5.02 Å². The van der Waals surface area contributed by atoms with Crippen LogP contribution in [0.4, 0.5) is 0 Å². The van der Waals surface area contributed by atoms with E-state index in [1.807, 2.05) is 26.1 Å². The van der Waals surface area contributed by atoms with Crippen LogP contribution >= 0.6 is 22.9 Å². The predicted molar refractivity (Wildman–Crippen MR) is 87.3 cm³/mol. The molecule has 114 valence electrons. The van der Waals surface area contributed by atoms with Gasteiger partial charge in [0.25, 0.3) is 0 Å². The molecule has 0 aliphatic heterocycles. The lowest BCUT2D eigenvalue weighted by atomic mass is 10.2. The van der Waals surface area contributed by atoms with Crippen molar-refractivity contribution in [2.24, 2.45) is 0 Å². The van der Waals surface area contributed by atoms with E-state index in [0.29, 0.717) is 16.5 Å². The van der Waals surface area contributed by atoms with Crippen molar-refractivity contribution in [1.82, 2.24) is 10.0 Å². The zero-order valence-corrected chi connectivity index (χ0v) is 14.2. The van der Waals surface area contributed by atoms with Gasteiger partial charge in [-0.15, -0.1) is 11.3 Å². The number of thiophene rings is 1. The van der Waals surface area contributed by atoms with Crippen molar-refractivity contribution < 1.29 is 8.42 Å². The van der Waals surface area contributed by atoms with Crippen molar-refractivity contribution in [3.05, 3.63) is 50.7 Å². The number of nitrogens with one attached hydrogen (secondary N) is 2. The van der Waals surface area contributed by atoms with Gasteiger partial charge in [0.15, 0.2) is 0 Å². The highest BCUT2D eigenvalue weighted by Crippen LogP contribution is 2.26. The van der Waals surface area contributed by atoms with Gasteiger partial charge in [-0.2, -0.15) is 0 Å². The summed E-state index contributed by atoms with van der Waals surface area (Å²) in [6.45, 7) is 2.65. The molecule has 7 heteroatoms. The average Bonchev–Trinajstić information content (AvgIpc) is 2.80. The van der Waals surface area contributed by atoms with Gasteiger partial charge in [0.2, 0.25) is 10.0 Å². The van der Waals surface area contributed by atoms with Crippen molar-refractivity contribution in [1.29, 1.82) is 0 Å². The first-order valence-electron chi connectivity index (χ1n) is 6.41. The zero-order valence-electron chi connectivity index (χ0n) is 11.8. The Bertz CT molecular complexity index is 726.